The van der Waals surface area contributed by atoms with Crippen LogP contribution in [0.1, 0.15) is 0 Å². The maximum atomic E-state index is 12.9. The number of thiazole rings is 1. The third kappa shape index (κ3) is 3.71. The minimum absolute atomic E-state index is 0.151. The van der Waals surface area contributed by atoms with Crippen molar-refractivity contribution < 1.29 is 9.32 Å². The van der Waals surface area contributed by atoms with Crippen LogP contribution in [0.4, 0.5) is 5.13 Å². The standard InChI is InChI=1S/C21H14N6O3S/c28-17(24-21-23-9-10-31-21)12-27-16-7-2-1-5-13(16)14(11-18(27)29)20-25-19(26-30-20)15-6-3-4-8-22-15/h1-11H,12H2,(H,23,24,28). The van der Waals surface area contributed by atoms with Crippen molar-refractivity contribution in [3.05, 3.63) is 76.7 Å². The number of anilines is 1. The zero-order valence-corrected chi connectivity index (χ0v) is 16.7. The summed E-state index contributed by atoms with van der Waals surface area (Å²) in [6.07, 6.45) is 3.24. The molecular formula is C21H14N6O3S. The summed E-state index contributed by atoms with van der Waals surface area (Å²) in [5, 5.41) is 9.62. The van der Waals surface area contributed by atoms with E-state index in [-0.39, 0.29) is 23.9 Å². The number of nitrogens with zero attached hydrogens (tertiary/aromatic N) is 5. The number of hydrogen-bond acceptors (Lipinski definition) is 8. The van der Waals surface area contributed by atoms with E-state index >= 15 is 0 Å². The number of para-hydroxylation sites is 1. The lowest BCUT2D eigenvalue weighted by atomic mass is 10.1. The molecule has 0 aliphatic rings. The Hall–Kier alpha value is -4.18. The largest absolute Gasteiger partial charge is 0.334 e. The first-order valence-corrected chi connectivity index (χ1v) is 10.1. The van der Waals surface area contributed by atoms with Crippen molar-refractivity contribution in [2.45, 2.75) is 6.54 Å². The number of carbonyl (C=O) groups excluding carboxylic acids is 1. The van der Waals surface area contributed by atoms with E-state index in [0.717, 1.165) is 0 Å². The summed E-state index contributed by atoms with van der Waals surface area (Å²) in [6.45, 7) is -0.151. The van der Waals surface area contributed by atoms with Gasteiger partial charge >= 0.3 is 0 Å². The SMILES string of the molecule is O=C(Cn1c(=O)cc(-c2nc(-c3ccccn3)no2)c2ccccc21)Nc1nccs1. The molecule has 10 heteroatoms. The first-order valence-electron chi connectivity index (χ1n) is 9.26. The minimum Gasteiger partial charge on any atom is -0.334 e. The van der Waals surface area contributed by atoms with Gasteiger partial charge in [0, 0.05) is 29.2 Å². The van der Waals surface area contributed by atoms with Gasteiger partial charge in [-0.1, -0.05) is 29.4 Å². The Labute approximate surface area is 179 Å². The van der Waals surface area contributed by atoms with Gasteiger partial charge in [-0.15, -0.1) is 11.3 Å². The molecule has 0 aliphatic heterocycles. The number of nitrogens with one attached hydrogen (secondary N) is 1. The summed E-state index contributed by atoms with van der Waals surface area (Å²) >= 11 is 1.31. The van der Waals surface area contributed by atoms with E-state index in [4.69, 9.17) is 4.52 Å². The van der Waals surface area contributed by atoms with E-state index in [1.165, 1.54) is 22.0 Å². The molecule has 0 bridgehead atoms. The van der Waals surface area contributed by atoms with Gasteiger partial charge in [0.25, 0.3) is 11.4 Å². The van der Waals surface area contributed by atoms with Crippen LogP contribution in [-0.4, -0.2) is 30.6 Å². The number of hydrogen-bond donors (Lipinski definition) is 1. The van der Waals surface area contributed by atoms with Crippen molar-refractivity contribution in [1.82, 2.24) is 24.7 Å². The molecule has 0 aliphatic carbocycles. The van der Waals surface area contributed by atoms with E-state index in [1.54, 1.807) is 42.0 Å². The molecule has 0 spiro atoms. The van der Waals surface area contributed by atoms with Crippen molar-refractivity contribution >= 4 is 33.3 Å². The molecule has 0 unspecified atom stereocenters. The number of rotatable bonds is 5. The quantitative estimate of drug-likeness (QED) is 0.455. The predicted octanol–water partition coefficient (Wildman–Crippen LogP) is 3.21. The third-order valence-electron chi connectivity index (χ3n) is 4.55. The van der Waals surface area contributed by atoms with E-state index < -0.39 is 0 Å². The highest BCUT2D eigenvalue weighted by atomic mass is 32.1. The number of fused-ring (bicyclic) bond motifs is 1. The molecule has 9 nitrogen and oxygen atoms in total. The number of pyridine rings is 2. The molecule has 4 heterocycles. The van der Waals surface area contributed by atoms with Crippen molar-refractivity contribution in [1.29, 1.82) is 0 Å². The fraction of sp³-hybridized carbons (Fsp3) is 0.0476. The predicted molar refractivity (Wildman–Crippen MR) is 115 cm³/mol. The lowest BCUT2D eigenvalue weighted by Gasteiger charge is -2.11. The smallest absolute Gasteiger partial charge is 0.259 e. The molecule has 0 fully saturated rings. The summed E-state index contributed by atoms with van der Waals surface area (Å²) in [6, 6.07) is 14.0. The normalized spacial score (nSPS) is 11.0. The van der Waals surface area contributed by atoms with Crippen LogP contribution < -0.4 is 10.9 Å². The maximum absolute atomic E-state index is 12.9. The van der Waals surface area contributed by atoms with Crippen LogP contribution in [0, 0.1) is 0 Å². The zero-order valence-electron chi connectivity index (χ0n) is 15.9. The lowest BCUT2D eigenvalue weighted by molar-refractivity contribution is -0.116. The highest BCUT2D eigenvalue weighted by Gasteiger charge is 2.18. The van der Waals surface area contributed by atoms with Crippen LogP contribution in [0.3, 0.4) is 0 Å². The molecule has 1 N–H and O–H groups in total. The van der Waals surface area contributed by atoms with Crippen LogP contribution in [0.5, 0.6) is 0 Å². The molecule has 0 saturated heterocycles. The Morgan fingerprint density at radius 1 is 1.10 bits per heavy atom. The molecule has 4 aromatic heterocycles. The van der Waals surface area contributed by atoms with Gasteiger partial charge in [0.2, 0.25) is 11.7 Å². The van der Waals surface area contributed by atoms with E-state index in [1.807, 2.05) is 18.2 Å². The van der Waals surface area contributed by atoms with Crippen molar-refractivity contribution in [3.8, 4) is 23.0 Å². The molecular weight excluding hydrogens is 416 g/mol. The summed E-state index contributed by atoms with van der Waals surface area (Å²) in [5.41, 5.74) is 1.28. The monoisotopic (exact) mass is 430 g/mol. The average Bonchev–Trinajstić information content (AvgIpc) is 3.48. The second-order valence-electron chi connectivity index (χ2n) is 6.52. The third-order valence-corrected chi connectivity index (χ3v) is 5.24. The van der Waals surface area contributed by atoms with Gasteiger partial charge in [0.1, 0.15) is 12.2 Å². The fourth-order valence-corrected chi connectivity index (χ4v) is 3.74. The van der Waals surface area contributed by atoms with Gasteiger partial charge < -0.3 is 9.84 Å². The molecule has 152 valence electrons. The molecule has 0 radical (unpaired) electrons. The van der Waals surface area contributed by atoms with Gasteiger partial charge in [-0.3, -0.25) is 19.1 Å². The summed E-state index contributed by atoms with van der Waals surface area (Å²) in [5.74, 6) is 0.185. The van der Waals surface area contributed by atoms with Crippen LogP contribution in [0.25, 0.3) is 33.9 Å². The molecule has 0 atom stereocenters. The van der Waals surface area contributed by atoms with Crippen LogP contribution in [-0.2, 0) is 11.3 Å². The van der Waals surface area contributed by atoms with Gasteiger partial charge in [-0.2, -0.15) is 4.98 Å². The second kappa shape index (κ2) is 7.92. The van der Waals surface area contributed by atoms with Crippen molar-refractivity contribution in [2.24, 2.45) is 0 Å². The topological polar surface area (TPSA) is 116 Å². The van der Waals surface area contributed by atoms with E-state index in [0.29, 0.717) is 33.1 Å². The highest BCUT2D eigenvalue weighted by molar-refractivity contribution is 7.13. The van der Waals surface area contributed by atoms with Gasteiger partial charge in [0.15, 0.2) is 5.13 Å². The maximum Gasteiger partial charge on any atom is 0.259 e. The van der Waals surface area contributed by atoms with Gasteiger partial charge in [-0.25, -0.2) is 4.98 Å². The van der Waals surface area contributed by atoms with E-state index in [2.05, 4.69) is 25.4 Å². The zero-order chi connectivity index (χ0) is 21.2. The van der Waals surface area contributed by atoms with E-state index in [9.17, 15) is 9.59 Å². The summed E-state index contributed by atoms with van der Waals surface area (Å²) < 4.78 is 6.82. The summed E-state index contributed by atoms with van der Waals surface area (Å²) in [4.78, 5) is 38.0. The average molecular weight is 430 g/mol. The Kier molecular flexibility index (Phi) is 4.81. The molecule has 0 saturated carbocycles. The Morgan fingerprint density at radius 3 is 2.77 bits per heavy atom. The number of benzene rings is 1. The first-order chi connectivity index (χ1) is 15.2. The number of carbonyl (C=O) groups is 1. The number of amides is 1. The molecule has 1 amide bonds. The van der Waals surface area contributed by atoms with Crippen molar-refractivity contribution in [2.75, 3.05) is 5.32 Å². The number of aromatic nitrogens is 5. The van der Waals surface area contributed by atoms with Gasteiger partial charge in [-0.05, 0) is 18.2 Å². The highest BCUT2D eigenvalue weighted by Crippen LogP contribution is 2.27. The Bertz CT molecular complexity index is 1430. The van der Waals surface area contributed by atoms with Crippen LogP contribution in [0.15, 0.2) is 75.6 Å². The fourth-order valence-electron chi connectivity index (χ4n) is 3.19. The molecule has 1 aromatic carbocycles. The minimum atomic E-state index is -0.361. The lowest BCUT2D eigenvalue weighted by Crippen LogP contribution is -2.27. The molecule has 5 rings (SSSR count). The second-order valence-corrected chi connectivity index (χ2v) is 7.42. The molecule has 31 heavy (non-hydrogen) atoms. The Morgan fingerprint density at radius 2 is 1.97 bits per heavy atom. The van der Waals surface area contributed by atoms with Crippen molar-refractivity contribution in [3.63, 3.8) is 0 Å². The first kappa shape index (κ1) is 18.8. The van der Waals surface area contributed by atoms with Gasteiger partial charge in [0.05, 0.1) is 11.1 Å². The molecule has 5 aromatic rings. The Balaban J connectivity index is 1.54. The summed E-state index contributed by atoms with van der Waals surface area (Å²) in [7, 11) is 0. The van der Waals surface area contributed by atoms with Crippen LogP contribution in [0.2, 0.25) is 0 Å². The van der Waals surface area contributed by atoms with Crippen LogP contribution >= 0.6 is 11.3 Å².